The van der Waals surface area contributed by atoms with Gasteiger partial charge in [-0.1, -0.05) is 54.4 Å². The van der Waals surface area contributed by atoms with Gasteiger partial charge in [-0.25, -0.2) is 4.79 Å². The average Bonchev–Trinajstić information content (AvgIpc) is 2.80. The molecule has 0 aliphatic carbocycles. The zero-order chi connectivity index (χ0) is 16.6. The van der Waals surface area contributed by atoms with E-state index in [-0.39, 0.29) is 5.56 Å². The number of aromatic carboxylic acids is 1. The van der Waals surface area contributed by atoms with Crippen molar-refractivity contribution in [3.05, 3.63) is 69.3 Å². The number of fused-ring (bicyclic) bond motifs is 1. The molecule has 23 heavy (non-hydrogen) atoms. The largest absolute Gasteiger partial charge is 0.478 e. The summed E-state index contributed by atoms with van der Waals surface area (Å²) in [7, 11) is 0. The molecule has 1 heterocycles. The fourth-order valence-corrected chi connectivity index (χ4v) is 3.39. The van der Waals surface area contributed by atoms with Gasteiger partial charge in [-0.15, -0.1) is 0 Å². The molecule has 0 saturated heterocycles. The molecule has 0 amide bonds. The second kappa shape index (κ2) is 6.26. The topological polar surface area (TPSA) is 42.2 Å². The van der Waals surface area contributed by atoms with Crippen molar-refractivity contribution in [2.75, 3.05) is 0 Å². The van der Waals surface area contributed by atoms with Crippen LogP contribution in [0.25, 0.3) is 10.9 Å². The standard InChI is InChI=1S/C18H15Cl2NO2/c1-2-13-14-8-7-11(18(22)23)9-16(14)21(17(13)20)10-12-5-3-4-6-15(12)19/h3-9H,2,10H2,1H3,(H,22,23). The predicted molar refractivity (Wildman–Crippen MR) is 93.8 cm³/mol. The van der Waals surface area contributed by atoms with Crippen molar-refractivity contribution in [2.24, 2.45) is 0 Å². The van der Waals surface area contributed by atoms with Gasteiger partial charge in [0.1, 0.15) is 5.15 Å². The van der Waals surface area contributed by atoms with Gasteiger partial charge in [0.2, 0.25) is 0 Å². The molecule has 3 nitrogen and oxygen atoms in total. The number of halogens is 2. The van der Waals surface area contributed by atoms with Crippen LogP contribution in [-0.2, 0) is 13.0 Å². The Morgan fingerprint density at radius 2 is 1.91 bits per heavy atom. The predicted octanol–water partition coefficient (Wildman–Crippen LogP) is 5.26. The fraction of sp³-hybridized carbons (Fsp3) is 0.167. The van der Waals surface area contributed by atoms with Crippen molar-refractivity contribution < 1.29 is 9.90 Å². The highest BCUT2D eigenvalue weighted by Crippen LogP contribution is 2.32. The van der Waals surface area contributed by atoms with Crippen LogP contribution in [0.3, 0.4) is 0 Å². The maximum Gasteiger partial charge on any atom is 0.335 e. The summed E-state index contributed by atoms with van der Waals surface area (Å²) >= 11 is 12.8. The molecule has 1 N–H and O–H groups in total. The van der Waals surface area contributed by atoms with Gasteiger partial charge < -0.3 is 9.67 Å². The Labute approximate surface area is 144 Å². The molecule has 0 aliphatic rings. The van der Waals surface area contributed by atoms with E-state index in [4.69, 9.17) is 23.2 Å². The number of benzene rings is 2. The summed E-state index contributed by atoms with van der Waals surface area (Å²) in [6.07, 6.45) is 0.775. The van der Waals surface area contributed by atoms with Crippen LogP contribution >= 0.6 is 23.2 Å². The minimum absolute atomic E-state index is 0.245. The molecule has 0 fully saturated rings. The Morgan fingerprint density at radius 3 is 2.57 bits per heavy atom. The van der Waals surface area contributed by atoms with E-state index in [1.165, 1.54) is 0 Å². The van der Waals surface area contributed by atoms with Gasteiger partial charge in [0, 0.05) is 10.4 Å². The molecular formula is C18H15Cl2NO2. The molecule has 2 aromatic carbocycles. The lowest BCUT2D eigenvalue weighted by molar-refractivity contribution is 0.0697. The molecule has 0 atom stereocenters. The summed E-state index contributed by atoms with van der Waals surface area (Å²) in [6.45, 7) is 2.53. The maximum atomic E-state index is 11.3. The van der Waals surface area contributed by atoms with E-state index in [9.17, 15) is 9.90 Å². The van der Waals surface area contributed by atoms with E-state index in [1.807, 2.05) is 41.8 Å². The van der Waals surface area contributed by atoms with E-state index in [0.717, 1.165) is 28.5 Å². The van der Waals surface area contributed by atoms with Gasteiger partial charge in [-0.2, -0.15) is 0 Å². The van der Waals surface area contributed by atoms with Crippen molar-refractivity contribution >= 4 is 40.1 Å². The molecule has 3 rings (SSSR count). The van der Waals surface area contributed by atoms with Gasteiger partial charge in [0.15, 0.2) is 0 Å². The molecule has 0 bridgehead atoms. The lowest BCUT2D eigenvalue weighted by Gasteiger charge is -2.09. The van der Waals surface area contributed by atoms with Gasteiger partial charge in [0.25, 0.3) is 0 Å². The monoisotopic (exact) mass is 347 g/mol. The van der Waals surface area contributed by atoms with Gasteiger partial charge in [-0.05, 0) is 35.7 Å². The number of hydrogen-bond acceptors (Lipinski definition) is 1. The van der Waals surface area contributed by atoms with Crippen LogP contribution in [-0.4, -0.2) is 15.6 Å². The Kier molecular flexibility index (Phi) is 4.33. The lowest BCUT2D eigenvalue weighted by Crippen LogP contribution is -2.02. The highest BCUT2D eigenvalue weighted by Gasteiger charge is 2.17. The molecule has 0 saturated carbocycles. The summed E-state index contributed by atoms with van der Waals surface area (Å²) in [4.78, 5) is 11.3. The van der Waals surface area contributed by atoms with Crippen LogP contribution in [0, 0.1) is 0 Å². The van der Waals surface area contributed by atoms with Crippen LogP contribution in [0.2, 0.25) is 10.2 Å². The van der Waals surface area contributed by atoms with Crippen molar-refractivity contribution in [2.45, 2.75) is 19.9 Å². The molecule has 0 spiro atoms. The van der Waals surface area contributed by atoms with E-state index < -0.39 is 5.97 Å². The number of carboxylic acids is 1. The number of aryl methyl sites for hydroxylation is 1. The molecule has 118 valence electrons. The third kappa shape index (κ3) is 2.82. The average molecular weight is 348 g/mol. The Morgan fingerprint density at radius 1 is 1.17 bits per heavy atom. The van der Waals surface area contributed by atoms with Crippen molar-refractivity contribution in [3.63, 3.8) is 0 Å². The number of carbonyl (C=O) groups is 1. The Bertz CT molecular complexity index is 899. The molecule has 5 heteroatoms. The molecular weight excluding hydrogens is 333 g/mol. The van der Waals surface area contributed by atoms with E-state index in [0.29, 0.717) is 16.7 Å². The number of carboxylic acid groups (broad SMARTS) is 1. The quantitative estimate of drug-likeness (QED) is 0.699. The van der Waals surface area contributed by atoms with Crippen LogP contribution in [0.15, 0.2) is 42.5 Å². The SMILES string of the molecule is CCc1c(Cl)n(Cc2ccccc2Cl)c2cc(C(=O)O)ccc12. The third-order valence-electron chi connectivity index (χ3n) is 3.99. The van der Waals surface area contributed by atoms with E-state index in [1.54, 1.807) is 12.1 Å². The zero-order valence-electron chi connectivity index (χ0n) is 12.5. The normalized spacial score (nSPS) is 11.1. The third-order valence-corrected chi connectivity index (χ3v) is 4.79. The van der Waals surface area contributed by atoms with Crippen LogP contribution in [0.1, 0.15) is 28.4 Å². The van der Waals surface area contributed by atoms with Crippen LogP contribution in [0.5, 0.6) is 0 Å². The summed E-state index contributed by atoms with van der Waals surface area (Å²) in [5, 5.41) is 11.5. The Hall–Kier alpha value is -1.97. The van der Waals surface area contributed by atoms with Crippen LogP contribution < -0.4 is 0 Å². The van der Waals surface area contributed by atoms with Crippen molar-refractivity contribution in [1.29, 1.82) is 0 Å². The van der Waals surface area contributed by atoms with Crippen LogP contribution in [0.4, 0.5) is 0 Å². The number of nitrogens with zero attached hydrogens (tertiary/aromatic N) is 1. The smallest absolute Gasteiger partial charge is 0.335 e. The van der Waals surface area contributed by atoms with Gasteiger partial charge in [-0.3, -0.25) is 0 Å². The highest BCUT2D eigenvalue weighted by atomic mass is 35.5. The first-order chi connectivity index (χ1) is 11.0. The molecule has 0 radical (unpaired) electrons. The number of rotatable bonds is 4. The van der Waals surface area contributed by atoms with E-state index in [2.05, 4.69) is 0 Å². The van der Waals surface area contributed by atoms with Crippen molar-refractivity contribution in [3.8, 4) is 0 Å². The minimum atomic E-state index is -0.952. The molecule has 0 unspecified atom stereocenters. The lowest BCUT2D eigenvalue weighted by atomic mass is 10.1. The number of aromatic nitrogens is 1. The number of hydrogen-bond donors (Lipinski definition) is 1. The first-order valence-corrected chi connectivity index (χ1v) is 8.05. The summed E-state index contributed by atoms with van der Waals surface area (Å²) in [5.41, 5.74) is 3.02. The first-order valence-electron chi connectivity index (χ1n) is 7.30. The van der Waals surface area contributed by atoms with Gasteiger partial charge in [0.05, 0.1) is 17.6 Å². The zero-order valence-corrected chi connectivity index (χ0v) is 14.0. The first kappa shape index (κ1) is 15.9. The summed E-state index contributed by atoms with van der Waals surface area (Å²) < 4.78 is 1.92. The van der Waals surface area contributed by atoms with Crippen molar-refractivity contribution in [1.82, 2.24) is 4.57 Å². The second-order valence-electron chi connectivity index (χ2n) is 5.34. The maximum absolute atomic E-state index is 11.3. The second-order valence-corrected chi connectivity index (χ2v) is 6.10. The Balaban J connectivity index is 2.22. The molecule has 1 aromatic heterocycles. The summed E-state index contributed by atoms with van der Waals surface area (Å²) in [6, 6.07) is 12.7. The fourth-order valence-electron chi connectivity index (χ4n) is 2.81. The molecule has 0 aliphatic heterocycles. The summed E-state index contributed by atoms with van der Waals surface area (Å²) in [5.74, 6) is -0.952. The highest BCUT2D eigenvalue weighted by molar-refractivity contribution is 6.32. The van der Waals surface area contributed by atoms with E-state index >= 15 is 0 Å². The molecule has 3 aromatic rings. The minimum Gasteiger partial charge on any atom is -0.478 e. The van der Waals surface area contributed by atoms with Gasteiger partial charge >= 0.3 is 5.97 Å².